The number of hydrogen-bond donors (Lipinski definition) is 0. The lowest BCUT2D eigenvalue weighted by molar-refractivity contribution is -0.112. The fourth-order valence-electron chi connectivity index (χ4n) is 1.20. The van der Waals surface area contributed by atoms with Gasteiger partial charge < -0.3 is 9.47 Å². The highest BCUT2D eigenvalue weighted by Gasteiger charge is 2.19. The summed E-state index contributed by atoms with van der Waals surface area (Å²) in [5.41, 5.74) is 0.214. The van der Waals surface area contributed by atoms with Crippen LogP contribution in [0.1, 0.15) is 10.4 Å². The fourth-order valence-corrected chi connectivity index (χ4v) is 1.46. The zero-order valence-electron chi connectivity index (χ0n) is 8.95. The third-order valence-electron chi connectivity index (χ3n) is 2.03. The highest BCUT2D eigenvalue weighted by molar-refractivity contribution is 9.09. The highest BCUT2D eigenvalue weighted by atomic mass is 79.9. The van der Waals surface area contributed by atoms with E-state index in [-0.39, 0.29) is 10.9 Å². The summed E-state index contributed by atoms with van der Waals surface area (Å²) in [5.74, 6) is -0.245. The molecule has 0 radical (unpaired) electrons. The second-order valence-electron chi connectivity index (χ2n) is 2.95. The summed E-state index contributed by atoms with van der Waals surface area (Å²) in [4.78, 5) is 23.0. The number of methoxy groups -OCH3 is 2. The summed E-state index contributed by atoms with van der Waals surface area (Å²) in [6.45, 7) is 0. The van der Waals surface area contributed by atoms with Crippen molar-refractivity contribution in [2.75, 3.05) is 19.5 Å². The van der Waals surface area contributed by atoms with E-state index in [2.05, 4.69) is 15.9 Å². The van der Waals surface area contributed by atoms with E-state index in [9.17, 15) is 9.59 Å². The van der Waals surface area contributed by atoms with Crippen LogP contribution in [-0.2, 0) is 4.79 Å². The molecule has 1 aromatic carbocycles. The minimum Gasteiger partial charge on any atom is -0.497 e. The Kier molecular flexibility index (Phi) is 4.49. The Morgan fingerprint density at radius 2 is 1.94 bits per heavy atom. The molecule has 0 fully saturated rings. The van der Waals surface area contributed by atoms with Gasteiger partial charge in [-0.05, 0) is 18.2 Å². The van der Waals surface area contributed by atoms with Gasteiger partial charge in [-0.25, -0.2) is 0 Å². The molecule has 0 N–H and O–H groups in total. The molecule has 0 unspecified atom stereocenters. The molecule has 0 bridgehead atoms. The van der Waals surface area contributed by atoms with Gasteiger partial charge in [-0.1, -0.05) is 15.9 Å². The molecule has 5 heteroatoms. The average Bonchev–Trinajstić information content (AvgIpc) is 2.35. The van der Waals surface area contributed by atoms with E-state index in [1.165, 1.54) is 20.3 Å². The number of carbonyl (C=O) groups excluding carboxylic acids is 2. The molecular weight excluding hydrogens is 276 g/mol. The number of alkyl halides is 1. The van der Waals surface area contributed by atoms with Crippen molar-refractivity contribution in [3.63, 3.8) is 0 Å². The maximum absolute atomic E-state index is 11.7. The van der Waals surface area contributed by atoms with Crippen molar-refractivity contribution in [2.24, 2.45) is 0 Å². The number of hydrogen-bond acceptors (Lipinski definition) is 4. The fraction of sp³-hybridized carbons (Fsp3) is 0.273. The van der Waals surface area contributed by atoms with Crippen LogP contribution < -0.4 is 9.47 Å². The first-order valence-electron chi connectivity index (χ1n) is 4.49. The van der Waals surface area contributed by atoms with E-state index >= 15 is 0 Å². The Balaban J connectivity index is 3.18. The molecule has 0 aromatic heterocycles. The molecule has 0 atom stereocenters. The van der Waals surface area contributed by atoms with Crippen molar-refractivity contribution in [3.8, 4) is 11.5 Å². The maximum atomic E-state index is 11.7. The third-order valence-corrected chi connectivity index (χ3v) is 2.54. The third kappa shape index (κ3) is 2.61. The van der Waals surface area contributed by atoms with Gasteiger partial charge in [0, 0.05) is 0 Å². The summed E-state index contributed by atoms with van der Waals surface area (Å²) in [5, 5.41) is -0.00774. The Labute approximate surface area is 102 Å². The largest absolute Gasteiger partial charge is 0.497 e. The summed E-state index contributed by atoms with van der Waals surface area (Å²) >= 11 is 2.95. The van der Waals surface area contributed by atoms with E-state index in [4.69, 9.17) is 9.47 Å². The smallest absolute Gasteiger partial charge is 0.233 e. The van der Waals surface area contributed by atoms with E-state index in [0.717, 1.165) is 0 Å². The van der Waals surface area contributed by atoms with Crippen molar-refractivity contribution < 1.29 is 19.1 Å². The molecule has 86 valence electrons. The Morgan fingerprint density at radius 3 is 2.44 bits per heavy atom. The summed E-state index contributed by atoms with van der Waals surface area (Å²) in [6.07, 6.45) is 0. The molecule has 16 heavy (non-hydrogen) atoms. The second-order valence-corrected chi connectivity index (χ2v) is 3.51. The minimum atomic E-state index is -0.590. The average molecular weight is 287 g/mol. The van der Waals surface area contributed by atoms with Crippen molar-refractivity contribution in [1.29, 1.82) is 0 Å². The highest BCUT2D eigenvalue weighted by Crippen LogP contribution is 2.24. The molecule has 1 aromatic rings. The molecule has 0 amide bonds. The normalized spacial score (nSPS) is 9.69. The van der Waals surface area contributed by atoms with Gasteiger partial charge in [0.25, 0.3) is 0 Å². The molecule has 0 heterocycles. The van der Waals surface area contributed by atoms with Crippen LogP contribution in [0, 0.1) is 0 Å². The summed E-state index contributed by atoms with van der Waals surface area (Å²) in [7, 11) is 2.93. The lowest BCUT2D eigenvalue weighted by Crippen LogP contribution is -2.16. The quantitative estimate of drug-likeness (QED) is 0.471. The first-order chi connectivity index (χ1) is 7.63. The molecule has 0 spiro atoms. The lowest BCUT2D eigenvalue weighted by Gasteiger charge is -2.08. The van der Waals surface area contributed by atoms with Gasteiger partial charge in [-0.2, -0.15) is 0 Å². The molecule has 1 rings (SSSR count). The van der Waals surface area contributed by atoms with Crippen LogP contribution in [0.2, 0.25) is 0 Å². The number of ketones is 2. The number of carbonyl (C=O) groups is 2. The monoisotopic (exact) mass is 286 g/mol. The van der Waals surface area contributed by atoms with Crippen molar-refractivity contribution in [3.05, 3.63) is 23.8 Å². The van der Waals surface area contributed by atoms with Crippen LogP contribution in [0.3, 0.4) is 0 Å². The Hall–Kier alpha value is -1.36. The molecule has 0 saturated heterocycles. The molecule has 0 saturated carbocycles. The number of Topliss-reactive ketones (excluding diaryl/α,β-unsaturated/α-hetero) is 2. The van der Waals surface area contributed by atoms with Crippen LogP contribution in [0.15, 0.2) is 18.2 Å². The number of halogens is 1. The first-order valence-corrected chi connectivity index (χ1v) is 5.61. The van der Waals surface area contributed by atoms with Crippen LogP contribution in [0.4, 0.5) is 0 Å². The Morgan fingerprint density at radius 1 is 1.25 bits per heavy atom. The van der Waals surface area contributed by atoms with Gasteiger partial charge in [-0.3, -0.25) is 9.59 Å². The van der Waals surface area contributed by atoms with Gasteiger partial charge in [0.2, 0.25) is 11.6 Å². The predicted molar refractivity (Wildman–Crippen MR) is 62.7 cm³/mol. The predicted octanol–water partition coefficient (Wildman–Crippen LogP) is 1.85. The zero-order chi connectivity index (χ0) is 12.1. The first kappa shape index (κ1) is 12.7. The lowest BCUT2D eigenvalue weighted by atomic mass is 10.1. The van der Waals surface area contributed by atoms with Gasteiger partial charge >= 0.3 is 0 Å². The summed E-state index contributed by atoms with van der Waals surface area (Å²) in [6, 6.07) is 4.74. The van der Waals surface area contributed by atoms with Gasteiger partial charge in [0.15, 0.2) is 0 Å². The van der Waals surface area contributed by atoms with Gasteiger partial charge in [0.05, 0.1) is 25.1 Å². The van der Waals surface area contributed by atoms with Crippen molar-refractivity contribution in [1.82, 2.24) is 0 Å². The van der Waals surface area contributed by atoms with Crippen molar-refractivity contribution >= 4 is 27.5 Å². The van der Waals surface area contributed by atoms with Crippen LogP contribution >= 0.6 is 15.9 Å². The SMILES string of the molecule is COc1ccc(OC)c(C(=O)C(=O)CBr)c1. The topological polar surface area (TPSA) is 52.6 Å². The molecular formula is C11H11BrO4. The van der Waals surface area contributed by atoms with Crippen LogP contribution in [0.25, 0.3) is 0 Å². The van der Waals surface area contributed by atoms with Gasteiger partial charge in [-0.15, -0.1) is 0 Å². The zero-order valence-corrected chi connectivity index (χ0v) is 10.5. The van der Waals surface area contributed by atoms with Crippen molar-refractivity contribution in [2.45, 2.75) is 0 Å². The number of benzene rings is 1. The number of ether oxygens (including phenoxy) is 2. The minimum absolute atomic E-state index is 0.00774. The van der Waals surface area contributed by atoms with E-state index in [1.807, 2.05) is 0 Å². The number of rotatable bonds is 5. The van der Waals surface area contributed by atoms with E-state index < -0.39 is 11.6 Å². The summed E-state index contributed by atoms with van der Waals surface area (Å²) < 4.78 is 10.0. The Bertz CT molecular complexity index is 414. The van der Waals surface area contributed by atoms with E-state index in [0.29, 0.717) is 11.5 Å². The maximum Gasteiger partial charge on any atom is 0.233 e. The van der Waals surface area contributed by atoms with Gasteiger partial charge in [0.1, 0.15) is 11.5 Å². The molecule has 0 aliphatic heterocycles. The van der Waals surface area contributed by atoms with Crippen LogP contribution in [0.5, 0.6) is 11.5 Å². The molecule has 4 nitrogen and oxygen atoms in total. The second kappa shape index (κ2) is 5.65. The standard InChI is InChI=1S/C11H11BrO4/c1-15-7-3-4-10(16-2)8(5-7)11(14)9(13)6-12/h3-5H,6H2,1-2H3. The van der Waals surface area contributed by atoms with E-state index in [1.54, 1.807) is 12.1 Å². The molecule has 0 aliphatic rings. The molecule has 0 aliphatic carbocycles. The van der Waals surface area contributed by atoms with Crippen LogP contribution in [-0.4, -0.2) is 31.1 Å².